The minimum absolute atomic E-state index is 0.00230. The van der Waals surface area contributed by atoms with Gasteiger partial charge in [0.25, 0.3) is 10.1 Å². The van der Waals surface area contributed by atoms with Crippen molar-refractivity contribution in [1.29, 1.82) is 0 Å². The van der Waals surface area contributed by atoms with E-state index in [2.05, 4.69) is 0 Å². The minimum atomic E-state index is -4.36. The molecule has 0 saturated carbocycles. The van der Waals surface area contributed by atoms with Gasteiger partial charge in [0.15, 0.2) is 0 Å². The van der Waals surface area contributed by atoms with E-state index in [1.807, 2.05) is 0 Å². The van der Waals surface area contributed by atoms with Gasteiger partial charge in [-0.15, -0.1) is 0 Å². The predicted octanol–water partition coefficient (Wildman–Crippen LogP) is 2.33. The molecule has 1 heterocycles. The van der Waals surface area contributed by atoms with Crippen LogP contribution in [0, 0.1) is 22.2 Å². The van der Waals surface area contributed by atoms with E-state index in [4.69, 9.17) is 28.2 Å². The van der Waals surface area contributed by atoms with Crippen LogP contribution in [-0.2, 0) is 53.0 Å². The van der Waals surface area contributed by atoms with Crippen LogP contribution in [0.2, 0.25) is 0 Å². The molecule has 0 amide bonds. The normalized spacial score (nSPS) is 19.3. The number of carbonyl (C=O) groups excluding carboxylic acids is 4. The average Bonchev–Trinajstić information content (AvgIpc) is 3.67. The van der Waals surface area contributed by atoms with Crippen molar-refractivity contribution in [2.24, 2.45) is 22.2 Å². The lowest BCUT2D eigenvalue weighted by Gasteiger charge is -2.37. The van der Waals surface area contributed by atoms with Crippen LogP contribution in [-0.4, -0.2) is 82.7 Å². The van der Waals surface area contributed by atoms with Gasteiger partial charge in [-0.2, -0.15) is 8.42 Å². The zero-order valence-electron chi connectivity index (χ0n) is 23.4. The fourth-order valence-electron chi connectivity index (χ4n) is 4.45. The molecule has 0 aromatic heterocycles. The largest absolute Gasteiger partial charge is 0.469 e. The van der Waals surface area contributed by atoms with Crippen molar-refractivity contribution < 1.29 is 55.8 Å². The third-order valence-electron chi connectivity index (χ3n) is 6.89. The summed E-state index contributed by atoms with van der Waals surface area (Å²) in [6.07, 6.45) is 0.330. The molecule has 1 fully saturated rings. The summed E-state index contributed by atoms with van der Waals surface area (Å²) in [5.74, 6) is -3.88. The van der Waals surface area contributed by atoms with Crippen LogP contribution in [0.1, 0.15) is 66.7 Å². The Balaban J connectivity index is 3.26. The molecule has 1 rings (SSSR count). The second kappa shape index (κ2) is 13.7. The third-order valence-corrected chi connectivity index (χ3v) is 7.57. The Morgan fingerprint density at radius 3 is 1.97 bits per heavy atom. The van der Waals surface area contributed by atoms with E-state index in [0.29, 0.717) is 13.0 Å². The topological polar surface area (TPSA) is 172 Å². The summed E-state index contributed by atoms with van der Waals surface area (Å²) in [5, 5.41) is 0. The van der Waals surface area contributed by atoms with E-state index in [1.54, 1.807) is 34.6 Å². The summed E-state index contributed by atoms with van der Waals surface area (Å²) in [6, 6.07) is 0. The average molecular weight is 567 g/mol. The van der Waals surface area contributed by atoms with Crippen LogP contribution in [0.3, 0.4) is 0 Å². The quantitative estimate of drug-likeness (QED) is 0.118. The van der Waals surface area contributed by atoms with Crippen LogP contribution in [0.25, 0.3) is 0 Å². The maximum atomic E-state index is 13.3. The Morgan fingerprint density at radius 2 is 1.50 bits per heavy atom. The molecule has 1 N–H and O–H groups in total. The van der Waals surface area contributed by atoms with E-state index in [9.17, 15) is 27.6 Å². The lowest BCUT2D eigenvalue weighted by atomic mass is 9.67. The summed E-state index contributed by atoms with van der Waals surface area (Å²) in [6.45, 7) is 8.19. The van der Waals surface area contributed by atoms with E-state index >= 15 is 0 Å². The summed E-state index contributed by atoms with van der Waals surface area (Å²) < 4.78 is 56.7. The highest BCUT2D eigenvalue weighted by atomic mass is 32.2. The van der Waals surface area contributed by atoms with Gasteiger partial charge in [-0.05, 0) is 59.8 Å². The second-order valence-corrected chi connectivity index (χ2v) is 12.6. The molecule has 0 bridgehead atoms. The van der Waals surface area contributed by atoms with E-state index < -0.39 is 68.5 Å². The lowest BCUT2D eigenvalue weighted by molar-refractivity contribution is -0.166. The molecule has 0 spiro atoms. The molecule has 0 aliphatic carbocycles. The molecule has 4 unspecified atom stereocenters. The van der Waals surface area contributed by atoms with E-state index in [-0.39, 0.29) is 38.4 Å². The number of esters is 4. The van der Waals surface area contributed by atoms with Crippen LogP contribution in [0.5, 0.6) is 0 Å². The molecule has 4 atom stereocenters. The number of methoxy groups -OCH3 is 2. The Bertz CT molecular complexity index is 955. The molecule has 0 aromatic rings. The van der Waals surface area contributed by atoms with Crippen LogP contribution in [0.4, 0.5) is 0 Å². The summed E-state index contributed by atoms with van der Waals surface area (Å²) in [5.41, 5.74) is -3.65. The molecule has 1 aliphatic rings. The highest BCUT2D eigenvalue weighted by Gasteiger charge is 2.47. The van der Waals surface area contributed by atoms with Crippen molar-refractivity contribution in [2.45, 2.75) is 72.8 Å². The standard InChI is InChI=1S/C25H42O12S/c1-8-17(19(26)33-6)13-24(4,21(28)35-11-12-38(30,31)32)9-10-25(5,16-23(2,3)20(27)34-7)22(29)37-15-18-14-36-18/h17-18H,8-16H2,1-7H3,(H,30,31,32). The van der Waals surface area contributed by atoms with Gasteiger partial charge in [-0.3, -0.25) is 23.7 Å². The molecule has 0 radical (unpaired) electrons. The van der Waals surface area contributed by atoms with Crippen molar-refractivity contribution in [3.63, 3.8) is 0 Å². The van der Waals surface area contributed by atoms with Crippen molar-refractivity contribution in [1.82, 2.24) is 0 Å². The molecule has 1 saturated heterocycles. The highest BCUT2D eigenvalue weighted by molar-refractivity contribution is 7.85. The van der Waals surface area contributed by atoms with Gasteiger partial charge >= 0.3 is 23.9 Å². The van der Waals surface area contributed by atoms with Gasteiger partial charge in [0, 0.05) is 0 Å². The molecular formula is C25H42O12S. The number of ether oxygens (including phenoxy) is 5. The fourth-order valence-corrected chi connectivity index (χ4v) is 4.75. The van der Waals surface area contributed by atoms with E-state index in [0.717, 1.165) is 0 Å². The fraction of sp³-hybridized carbons (Fsp3) is 0.840. The van der Waals surface area contributed by atoms with Gasteiger partial charge < -0.3 is 23.7 Å². The predicted molar refractivity (Wildman–Crippen MR) is 134 cm³/mol. The van der Waals surface area contributed by atoms with Crippen molar-refractivity contribution >= 4 is 34.0 Å². The number of rotatable bonds is 17. The Kier molecular flexibility index (Phi) is 12.2. The van der Waals surface area contributed by atoms with Crippen LogP contribution >= 0.6 is 0 Å². The summed E-state index contributed by atoms with van der Waals surface area (Å²) >= 11 is 0. The maximum Gasteiger partial charge on any atom is 0.311 e. The number of hydrogen-bond donors (Lipinski definition) is 1. The van der Waals surface area contributed by atoms with Gasteiger partial charge in [-0.25, -0.2) is 0 Å². The second-order valence-electron chi connectivity index (χ2n) is 11.0. The lowest BCUT2D eigenvalue weighted by Crippen LogP contribution is -2.41. The van der Waals surface area contributed by atoms with Crippen LogP contribution in [0.15, 0.2) is 0 Å². The molecular weight excluding hydrogens is 524 g/mol. The van der Waals surface area contributed by atoms with Gasteiger partial charge in [-0.1, -0.05) is 6.92 Å². The Hall–Kier alpha value is -2.25. The number of epoxide rings is 1. The van der Waals surface area contributed by atoms with Crippen LogP contribution < -0.4 is 0 Å². The third kappa shape index (κ3) is 10.5. The molecule has 1 aliphatic heterocycles. The van der Waals surface area contributed by atoms with Gasteiger partial charge in [0.05, 0.1) is 43.0 Å². The first-order chi connectivity index (χ1) is 17.4. The highest BCUT2D eigenvalue weighted by Crippen LogP contribution is 2.44. The monoisotopic (exact) mass is 566 g/mol. The number of carbonyl (C=O) groups is 4. The first kappa shape index (κ1) is 33.8. The minimum Gasteiger partial charge on any atom is -0.469 e. The summed E-state index contributed by atoms with van der Waals surface area (Å²) in [4.78, 5) is 51.2. The Morgan fingerprint density at radius 1 is 0.947 bits per heavy atom. The molecule has 12 nitrogen and oxygen atoms in total. The number of hydrogen-bond acceptors (Lipinski definition) is 11. The zero-order valence-corrected chi connectivity index (χ0v) is 24.2. The van der Waals surface area contributed by atoms with Gasteiger partial charge in [0.1, 0.15) is 25.1 Å². The van der Waals surface area contributed by atoms with Gasteiger partial charge in [0.2, 0.25) is 0 Å². The molecule has 13 heteroatoms. The maximum absolute atomic E-state index is 13.3. The van der Waals surface area contributed by atoms with Crippen molar-refractivity contribution in [2.75, 3.05) is 39.8 Å². The van der Waals surface area contributed by atoms with Crippen molar-refractivity contribution in [3.8, 4) is 0 Å². The van der Waals surface area contributed by atoms with E-state index in [1.165, 1.54) is 14.2 Å². The molecule has 38 heavy (non-hydrogen) atoms. The molecule has 220 valence electrons. The first-order valence-corrected chi connectivity index (χ1v) is 14.1. The smallest absolute Gasteiger partial charge is 0.311 e. The first-order valence-electron chi connectivity index (χ1n) is 12.5. The molecule has 0 aromatic carbocycles. The Labute approximate surface area is 224 Å². The SMILES string of the molecule is CCC(CC(C)(CCC(C)(CC(C)(C)C(=O)OC)C(=O)OCC1CO1)C(=O)OCCS(=O)(=O)O)C(=O)OC. The summed E-state index contributed by atoms with van der Waals surface area (Å²) in [7, 11) is -1.88. The van der Waals surface area contributed by atoms with Crippen molar-refractivity contribution in [3.05, 3.63) is 0 Å². The zero-order chi connectivity index (χ0) is 29.4.